The molecule has 2 aromatic heterocycles. The molecule has 0 radical (unpaired) electrons. The Morgan fingerprint density at radius 2 is 1.87 bits per heavy atom. The molecule has 2 aromatic carbocycles. The van der Waals surface area contributed by atoms with E-state index in [0.717, 1.165) is 34.2 Å². The summed E-state index contributed by atoms with van der Waals surface area (Å²) < 4.78 is 57.3. The van der Waals surface area contributed by atoms with Crippen LogP contribution in [0.3, 0.4) is 0 Å². The number of hydrogen-bond acceptors (Lipinski definition) is 9. The van der Waals surface area contributed by atoms with E-state index in [9.17, 15) is 13.2 Å². The summed E-state index contributed by atoms with van der Waals surface area (Å²) in [5.41, 5.74) is 3.06. The Bertz CT molecular complexity index is 1280. The van der Waals surface area contributed by atoms with Gasteiger partial charge in [-0.15, -0.1) is 18.3 Å². The molecule has 0 unspecified atom stereocenters. The third kappa shape index (κ3) is 8.38. The summed E-state index contributed by atoms with van der Waals surface area (Å²) >= 11 is 1.31. The number of nitrogens with zero attached hydrogens (tertiary/aromatic N) is 3. The van der Waals surface area contributed by atoms with Crippen LogP contribution in [0.4, 0.5) is 13.2 Å². The lowest BCUT2D eigenvalue weighted by molar-refractivity contribution is -0.274. The van der Waals surface area contributed by atoms with Gasteiger partial charge in [0.2, 0.25) is 0 Å². The fraction of sp³-hybridized carbons (Fsp3) is 0.400. The van der Waals surface area contributed by atoms with Crippen molar-refractivity contribution in [2.24, 2.45) is 0 Å². The Labute approximate surface area is 221 Å². The summed E-state index contributed by atoms with van der Waals surface area (Å²) in [7, 11) is 0. The lowest BCUT2D eigenvalue weighted by Crippen LogP contribution is -2.18. The quantitative estimate of drug-likeness (QED) is 0.185. The maximum Gasteiger partial charge on any atom is 0.573 e. The molecular formula is C25H28F3N5O4S. The number of aliphatic hydroxyl groups excluding tert-OH is 1. The topological polar surface area (TPSA) is 114 Å². The summed E-state index contributed by atoms with van der Waals surface area (Å²) in [6.07, 6.45) is 0.579. The number of ether oxygens (including phenoxy) is 3. The maximum absolute atomic E-state index is 12.6. The molecule has 4 rings (SSSR count). The number of hydrogen-bond donors (Lipinski definition) is 3. The van der Waals surface area contributed by atoms with Crippen molar-refractivity contribution in [2.45, 2.75) is 32.2 Å². The summed E-state index contributed by atoms with van der Waals surface area (Å²) in [5, 5.41) is 24.2. The number of rotatable bonds is 15. The molecule has 0 aliphatic heterocycles. The van der Waals surface area contributed by atoms with Gasteiger partial charge in [-0.25, -0.2) is 0 Å². The first kappa shape index (κ1) is 27.8. The van der Waals surface area contributed by atoms with E-state index in [0.29, 0.717) is 49.8 Å². The molecule has 13 heteroatoms. The highest BCUT2D eigenvalue weighted by atomic mass is 32.1. The minimum atomic E-state index is -4.76. The van der Waals surface area contributed by atoms with Crippen LogP contribution in [0.2, 0.25) is 0 Å². The lowest BCUT2D eigenvalue weighted by atomic mass is 10.1. The van der Waals surface area contributed by atoms with Crippen molar-refractivity contribution in [3.8, 4) is 21.9 Å². The summed E-state index contributed by atoms with van der Waals surface area (Å²) in [4.78, 5) is 0.934. The highest BCUT2D eigenvalue weighted by molar-refractivity contribution is 7.09. The van der Waals surface area contributed by atoms with Crippen LogP contribution in [0.25, 0.3) is 21.3 Å². The first-order valence-corrected chi connectivity index (χ1v) is 12.8. The number of aliphatic hydroxyl groups is 1. The molecule has 0 bridgehead atoms. The number of alkyl halides is 3. The summed E-state index contributed by atoms with van der Waals surface area (Å²) in [6, 6.07) is 8.33. The van der Waals surface area contributed by atoms with Gasteiger partial charge in [-0.2, -0.15) is 5.10 Å². The molecule has 0 fully saturated rings. The van der Waals surface area contributed by atoms with Crippen LogP contribution in [0.1, 0.15) is 24.0 Å². The minimum Gasteiger partial charge on any atom is -0.490 e. The van der Waals surface area contributed by atoms with E-state index in [1.807, 2.05) is 12.1 Å². The zero-order chi connectivity index (χ0) is 26.8. The summed E-state index contributed by atoms with van der Waals surface area (Å²) in [6.45, 7) is 2.29. The van der Waals surface area contributed by atoms with Crippen molar-refractivity contribution in [2.75, 3.05) is 33.0 Å². The Balaban J connectivity index is 1.13. The number of H-pyrrole nitrogens is 1. The average Bonchev–Trinajstić information content (AvgIpc) is 3.56. The van der Waals surface area contributed by atoms with E-state index in [1.54, 1.807) is 18.5 Å². The zero-order valence-electron chi connectivity index (χ0n) is 20.5. The molecule has 0 spiro atoms. The molecule has 3 N–H and O–H groups in total. The number of nitrogens with one attached hydrogen (secondary N) is 2. The minimum absolute atomic E-state index is 0.155. The van der Waals surface area contributed by atoms with E-state index < -0.39 is 6.36 Å². The van der Waals surface area contributed by atoms with Gasteiger partial charge in [-0.05, 0) is 72.7 Å². The summed E-state index contributed by atoms with van der Waals surface area (Å²) in [5.74, 6) is 0.427. The number of benzene rings is 2. The maximum atomic E-state index is 12.6. The standard InChI is InChI=1S/C25H28F3N5O4S/c26-25(27,28)37-20-10-17(3-5-34)9-18(11-20)14-29-4-1-2-6-35-7-8-36-23-13-19(24-16-31-33-38-24)12-22-21(23)15-30-32-22/h9-13,15-16,29,34H,1-8,14H2,(H,30,32). The molecule has 9 nitrogen and oxygen atoms in total. The van der Waals surface area contributed by atoms with Crippen molar-refractivity contribution in [1.82, 2.24) is 25.1 Å². The Morgan fingerprint density at radius 1 is 1.00 bits per heavy atom. The predicted octanol–water partition coefficient (Wildman–Crippen LogP) is 4.48. The van der Waals surface area contributed by atoms with Crippen LogP contribution < -0.4 is 14.8 Å². The van der Waals surface area contributed by atoms with Gasteiger partial charge in [0, 0.05) is 25.3 Å². The molecule has 38 heavy (non-hydrogen) atoms. The highest BCUT2D eigenvalue weighted by Gasteiger charge is 2.31. The van der Waals surface area contributed by atoms with Crippen molar-refractivity contribution < 1.29 is 32.5 Å². The van der Waals surface area contributed by atoms with E-state index in [-0.39, 0.29) is 18.8 Å². The van der Waals surface area contributed by atoms with Crippen molar-refractivity contribution in [3.63, 3.8) is 0 Å². The fourth-order valence-corrected chi connectivity index (χ4v) is 4.37. The first-order chi connectivity index (χ1) is 18.4. The van der Waals surface area contributed by atoms with Crippen LogP contribution in [0.5, 0.6) is 11.5 Å². The smallest absolute Gasteiger partial charge is 0.490 e. The van der Waals surface area contributed by atoms with E-state index in [4.69, 9.17) is 14.6 Å². The third-order valence-corrected chi connectivity index (χ3v) is 6.25. The molecule has 0 aliphatic rings. The molecule has 0 aliphatic carbocycles. The van der Waals surface area contributed by atoms with Gasteiger partial charge >= 0.3 is 6.36 Å². The fourth-order valence-electron chi connectivity index (χ4n) is 3.87. The SMILES string of the molecule is OCCc1cc(CNCCCCOCCOc2cc(-c3cnns3)cc3[nH]ncc23)cc(OC(F)(F)F)c1. The Hall–Kier alpha value is -3.26. The Morgan fingerprint density at radius 3 is 2.66 bits per heavy atom. The van der Waals surface area contributed by atoms with Crippen molar-refractivity contribution in [1.29, 1.82) is 0 Å². The first-order valence-electron chi connectivity index (χ1n) is 12.1. The largest absolute Gasteiger partial charge is 0.573 e. The number of aromatic amines is 1. The number of aromatic nitrogens is 4. The second-order valence-corrected chi connectivity index (χ2v) is 9.22. The predicted molar refractivity (Wildman–Crippen MR) is 136 cm³/mol. The van der Waals surface area contributed by atoms with Crippen LogP contribution in [0, 0.1) is 0 Å². The molecular weight excluding hydrogens is 523 g/mol. The number of halogens is 3. The van der Waals surface area contributed by atoms with Crippen LogP contribution in [0.15, 0.2) is 42.7 Å². The van der Waals surface area contributed by atoms with Gasteiger partial charge < -0.3 is 24.6 Å². The van der Waals surface area contributed by atoms with Crippen LogP contribution in [-0.4, -0.2) is 64.2 Å². The number of unbranched alkanes of at least 4 members (excludes halogenated alkanes) is 1. The molecule has 2 heterocycles. The van der Waals surface area contributed by atoms with Gasteiger partial charge in [0.1, 0.15) is 18.1 Å². The molecule has 0 atom stereocenters. The zero-order valence-corrected chi connectivity index (χ0v) is 21.3. The van der Waals surface area contributed by atoms with E-state index in [2.05, 4.69) is 29.8 Å². The van der Waals surface area contributed by atoms with E-state index >= 15 is 0 Å². The molecule has 204 valence electrons. The average molecular weight is 552 g/mol. The van der Waals surface area contributed by atoms with Gasteiger partial charge in [0.25, 0.3) is 0 Å². The lowest BCUT2D eigenvalue weighted by Gasteiger charge is -2.13. The van der Waals surface area contributed by atoms with Crippen LogP contribution in [-0.2, 0) is 17.7 Å². The van der Waals surface area contributed by atoms with Gasteiger partial charge in [-0.3, -0.25) is 5.10 Å². The second-order valence-electron chi connectivity index (χ2n) is 8.44. The molecule has 0 saturated carbocycles. The van der Waals surface area contributed by atoms with Crippen molar-refractivity contribution in [3.05, 3.63) is 53.9 Å². The van der Waals surface area contributed by atoms with Crippen LogP contribution >= 0.6 is 11.5 Å². The molecule has 0 amide bonds. The normalized spacial score (nSPS) is 11.8. The molecule has 4 aromatic rings. The Kier molecular flexibility index (Phi) is 9.87. The van der Waals surface area contributed by atoms with Gasteiger partial charge in [0.05, 0.1) is 34.8 Å². The van der Waals surface area contributed by atoms with E-state index in [1.165, 1.54) is 23.7 Å². The second kappa shape index (κ2) is 13.5. The third-order valence-electron chi connectivity index (χ3n) is 5.53. The van der Waals surface area contributed by atoms with Gasteiger partial charge in [0.15, 0.2) is 0 Å². The number of fused-ring (bicyclic) bond motifs is 1. The monoisotopic (exact) mass is 551 g/mol. The van der Waals surface area contributed by atoms with Gasteiger partial charge in [-0.1, -0.05) is 10.6 Å². The molecule has 0 saturated heterocycles. The van der Waals surface area contributed by atoms with Crippen molar-refractivity contribution >= 4 is 22.4 Å². The highest BCUT2D eigenvalue weighted by Crippen LogP contribution is 2.32.